The van der Waals surface area contributed by atoms with E-state index in [2.05, 4.69) is 21.3 Å². The van der Waals surface area contributed by atoms with Gasteiger partial charge in [-0.2, -0.15) is 0 Å². The average Bonchev–Trinajstić information content (AvgIpc) is 3.79. The second kappa shape index (κ2) is 12.2. The molecule has 0 spiro atoms. The molecule has 2 N–H and O–H groups in total. The van der Waals surface area contributed by atoms with E-state index in [1.165, 1.54) is 12.8 Å². The molecule has 0 bridgehead atoms. The molecule has 5 rings (SSSR count). The zero-order valence-corrected chi connectivity index (χ0v) is 23.1. The lowest BCUT2D eigenvalue weighted by atomic mass is 10.1. The first-order chi connectivity index (χ1) is 19.3. The van der Waals surface area contributed by atoms with Crippen LogP contribution in [0.5, 0.6) is 11.6 Å². The molecule has 2 heterocycles. The first-order valence-corrected chi connectivity index (χ1v) is 13.8. The lowest BCUT2D eigenvalue weighted by Gasteiger charge is -2.38. The molecule has 0 atom stereocenters. The molecule has 1 aliphatic carbocycles. The van der Waals surface area contributed by atoms with Crippen LogP contribution in [-0.4, -0.2) is 60.0 Å². The number of carboxylic acid groups (broad SMARTS) is 1. The number of aromatic nitrogens is 1. The maximum atomic E-state index is 13.8. The van der Waals surface area contributed by atoms with E-state index in [0.717, 1.165) is 17.9 Å². The first-order valence-electron chi connectivity index (χ1n) is 13.0. The molecule has 1 fully saturated rings. The number of nitrogens with one attached hydrogen (secondary N) is 1. The van der Waals surface area contributed by atoms with Crippen LogP contribution in [0.4, 0.5) is 11.4 Å². The maximum Gasteiger partial charge on any atom is 0.317 e. The zero-order chi connectivity index (χ0) is 28.2. The molecule has 1 saturated carbocycles. The van der Waals surface area contributed by atoms with Gasteiger partial charge in [0.2, 0.25) is 5.88 Å². The number of hydrogen-bond acceptors (Lipinski definition) is 7. The predicted octanol–water partition coefficient (Wildman–Crippen LogP) is 4.99. The molecule has 2 aromatic carbocycles. The minimum Gasteiger partial charge on any atom is -0.480 e. The van der Waals surface area contributed by atoms with Gasteiger partial charge in [0, 0.05) is 42.8 Å². The highest BCUT2D eigenvalue weighted by Gasteiger charge is 2.36. The molecule has 40 heavy (non-hydrogen) atoms. The van der Waals surface area contributed by atoms with Crippen molar-refractivity contribution in [3.05, 3.63) is 75.9 Å². The third-order valence-electron chi connectivity index (χ3n) is 6.86. The number of carboxylic acids is 1. The number of pyridine rings is 1. The molecule has 2 aliphatic rings. The smallest absolute Gasteiger partial charge is 0.317 e. The Hall–Kier alpha value is -3.66. The number of para-hydroxylation sites is 2. The second-order valence-corrected chi connectivity index (χ2v) is 10.6. The Morgan fingerprint density at radius 2 is 1.77 bits per heavy atom. The van der Waals surface area contributed by atoms with Gasteiger partial charge in [-0.25, -0.2) is 4.98 Å². The summed E-state index contributed by atoms with van der Waals surface area (Å²) in [5, 5.41) is 11.8. The van der Waals surface area contributed by atoms with Crippen molar-refractivity contribution in [1.29, 1.82) is 0 Å². The van der Waals surface area contributed by atoms with Crippen molar-refractivity contribution < 1.29 is 24.2 Å². The summed E-state index contributed by atoms with van der Waals surface area (Å²) < 4.78 is 6.03. The van der Waals surface area contributed by atoms with Gasteiger partial charge in [-0.15, -0.1) is 0 Å². The van der Waals surface area contributed by atoms with E-state index in [0.29, 0.717) is 35.2 Å². The fourth-order valence-electron chi connectivity index (χ4n) is 4.76. The van der Waals surface area contributed by atoms with Gasteiger partial charge >= 0.3 is 5.97 Å². The Bertz CT molecular complexity index is 1450. The molecule has 0 unspecified atom stereocenters. The number of ether oxygens (including phenoxy) is 1. The lowest BCUT2D eigenvalue weighted by molar-refractivity contribution is -0.136. The van der Waals surface area contributed by atoms with E-state index in [-0.39, 0.29) is 47.9 Å². The number of carbonyl (C=O) groups excluding carboxylic acids is 2. The Kier molecular flexibility index (Phi) is 8.54. The highest BCUT2D eigenvalue weighted by molar-refractivity contribution is 6.34. The van der Waals surface area contributed by atoms with Crippen LogP contribution in [-0.2, 0) is 16.0 Å². The van der Waals surface area contributed by atoms with Crippen LogP contribution < -0.4 is 19.9 Å². The van der Waals surface area contributed by atoms with Gasteiger partial charge in [0.05, 0.1) is 29.5 Å². The first kappa shape index (κ1) is 27.9. The van der Waals surface area contributed by atoms with E-state index < -0.39 is 5.97 Å². The summed E-state index contributed by atoms with van der Waals surface area (Å²) in [6, 6.07) is 15.0. The molecule has 0 radical (unpaired) electrons. The number of Topliss-reactive ketones (excluding diaryl/α,β-unsaturated/α-hetero) is 1. The van der Waals surface area contributed by atoms with Gasteiger partial charge in [-0.05, 0) is 55.2 Å². The van der Waals surface area contributed by atoms with E-state index in [1.807, 2.05) is 18.2 Å². The summed E-state index contributed by atoms with van der Waals surface area (Å²) in [7, 11) is 0. The van der Waals surface area contributed by atoms with Crippen molar-refractivity contribution in [2.24, 2.45) is 0 Å². The number of amides is 1. The average molecular weight is 583 g/mol. The zero-order valence-electron chi connectivity index (χ0n) is 21.6. The number of hydrogen-bond donors (Lipinski definition) is 2. The molecule has 0 saturated heterocycles. The van der Waals surface area contributed by atoms with Crippen LogP contribution in [0, 0.1) is 0 Å². The Morgan fingerprint density at radius 3 is 2.52 bits per heavy atom. The van der Waals surface area contributed by atoms with E-state index in [9.17, 15) is 14.4 Å². The van der Waals surface area contributed by atoms with Gasteiger partial charge in [-0.1, -0.05) is 35.3 Å². The van der Waals surface area contributed by atoms with Crippen molar-refractivity contribution in [3.63, 3.8) is 0 Å². The monoisotopic (exact) mass is 582 g/mol. The standard InChI is InChI=1S/C29H28Cl2N4O5/c30-22-15-26(23(31)14-18(22)7-10-20(36)16-32-17-27(37)38)40-28-21(4-3-11-33-28)29(39)35-13-12-34(19-8-9-19)24-5-1-2-6-25(24)35/h1-6,11,14-15,19,32H,7-10,12-13,16-17H2,(H,37,38). The summed E-state index contributed by atoms with van der Waals surface area (Å²) in [5.74, 6) is -1.06. The molecular weight excluding hydrogens is 555 g/mol. The number of fused-ring (bicyclic) bond motifs is 1. The molecule has 1 amide bonds. The number of anilines is 2. The van der Waals surface area contributed by atoms with Crippen LogP contribution in [0.25, 0.3) is 0 Å². The third-order valence-corrected chi connectivity index (χ3v) is 7.51. The van der Waals surface area contributed by atoms with Crippen LogP contribution in [0.1, 0.15) is 35.2 Å². The van der Waals surface area contributed by atoms with Crippen molar-refractivity contribution in [3.8, 4) is 11.6 Å². The summed E-state index contributed by atoms with van der Waals surface area (Å²) >= 11 is 13.0. The van der Waals surface area contributed by atoms with Gasteiger partial charge < -0.3 is 25.0 Å². The molecule has 3 aromatic rings. The van der Waals surface area contributed by atoms with Crippen molar-refractivity contribution in [2.45, 2.75) is 31.7 Å². The highest BCUT2D eigenvalue weighted by Crippen LogP contribution is 2.41. The minimum atomic E-state index is -1.03. The quantitative estimate of drug-likeness (QED) is 0.325. The van der Waals surface area contributed by atoms with Crippen LogP contribution in [0.15, 0.2) is 54.7 Å². The number of rotatable bonds is 11. The second-order valence-electron chi connectivity index (χ2n) is 9.74. The van der Waals surface area contributed by atoms with Crippen molar-refractivity contribution in [2.75, 3.05) is 36.0 Å². The van der Waals surface area contributed by atoms with Crippen molar-refractivity contribution in [1.82, 2.24) is 10.3 Å². The highest BCUT2D eigenvalue weighted by atomic mass is 35.5. The van der Waals surface area contributed by atoms with Crippen molar-refractivity contribution >= 4 is 52.2 Å². The number of nitrogens with zero attached hydrogens (tertiary/aromatic N) is 3. The summed E-state index contributed by atoms with van der Waals surface area (Å²) in [4.78, 5) is 44.9. The maximum absolute atomic E-state index is 13.8. The fourth-order valence-corrected chi connectivity index (χ4v) is 5.23. The van der Waals surface area contributed by atoms with E-state index >= 15 is 0 Å². The molecule has 208 valence electrons. The fraction of sp³-hybridized carbons (Fsp3) is 0.310. The number of carbonyl (C=O) groups is 3. The number of benzene rings is 2. The van der Waals surface area contributed by atoms with Gasteiger partial charge in [0.15, 0.2) is 0 Å². The number of ketones is 1. The number of halogens is 2. The largest absolute Gasteiger partial charge is 0.480 e. The minimum absolute atomic E-state index is 0.0462. The van der Waals surface area contributed by atoms with Gasteiger partial charge in [0.1, 0.15) is 17.1 Å². The SMILES string of the molecule is O=C(O)CNCC(=O)CCc1cc(Cl)c(Oc2ncccc2C(=O)N2CCN(C3CC3)c3ccccc32)cc1Cl. The Labute approximate surface area is 241 Å². The normalized spacial score (nSPS) is 14.6. The Morgan fingerprint density at radius 1 is 1.00 bits per heavy atom. The molecule has 11 heteroatoms. The van der Waals surface area contributed by atoms with Crippen LogP contribution in [0.3, 0.4) is 0 Å². The van der Waals surface area contributed by atoms with E-state index in [4.69, 9.17) is 33.0 Å². The van der Waals surface area contributed by atoms with Gasteiger partial charge in [-0.3, -0.25) is 14.4 Å². The lowest BCUT2D eigenvalue weighted by Crippen LogP contribution is -2.45. The Balaban J connectivity index is 1.31. The topological polar surface area (TPSA) is 112 Å². The van der Waals surface area contributed by atoms with E-state index in [1.54, 1.807) is 35.4 Å². The summed E-state index contributed by atoms with van der Waals surface area (Å²) in [6.45, 7) is 0.971. The molecule has 1 aromatic heterocycles. The number of aryl methyl sites for hydroxylation is 1. The third kappa shape index (κ3) is 6.38. The van der Waals surface area contributed by atoms with Crippen LogP contribution in [0.2, 0.25) is 10.0 Å². The summed E-state index contributed by atoms with van der Waals surface area (Å²) in [5.41, 5.74) is 2.86. The molecular formula is C29H28Cl2N4O5. The van der Waals surface area contributed by atoms with Crippen LogP contribution >= 0.6 is 23.2 Å². The van der Waals surface area contributed by atoms with Gasteiger partial charge in [0.25, 0.3) is 5.91 Å². The predicted molar refractivity (Wildman–Crippen MR) is 153 cm³/mol. The summed E-state index contributed by atoms with van der Waals surface area (Å²) in [6.07, 6.45) is 4.37. The molecule has 1 aliphatic heterocycles. The number of aliphatic carboxylic acids is 1. The molecule has 9 nitrogen and oxygen atoms in total.